The normalized spacial score (nSPS) is 15.0. The third-order valence-corrected chi connectivity index (χ3v) is 3.68. The van der Waals surface area contributed by atoms with Crippen molar-refractivity contribution in [1.82, 2.24) is 15.0 Å². The highest BCUT2D eigenvalue weighted by atomic mass is 16.1. The molecule has 0 radical (unpaired) electrons. The molecule has 0 bridgehead atoms. The van der Waals surface area contributed by atoms with Crippen LogP contribution in [0.3, 0.4) is 0 Å². The third kappa shape index (κ3) is 2.69. The first-order valence-electron chi connectivity index (χ1n) is 7.07. The Hall–Kier alpha value is -2.50. The van der Waals surface area contributed by atoms with Crippen molar-refractivity contribution in [3.05, 3.63) is 36.5 Å². The van der Waals surface area contributed by atoms with E-state index in [-0.39, 0.29) is 5.69 Å². The molecule has 3 rings (SSSR count). The lowest BCUT2D eigenvalue weighted by molar-refractivity contribution is 0.0996. The molecule has 0 atom stereocenters. The van der Waals surface area contributed by atoms with Crippen LogP contribution in [-0.4, -0.2) is 33.9 Å². The number of primary amides is 1. The zero-order valence-electron chi connectivity index (χ0n) is 11.7. The summed E-state index contributed by atoms with van der Waals surface area (Å²) in [6, 6.07) is 1.96. The van der Waals surface area contributed by atoms with Crippen LogP contribution in [0, 0.1) is 0 Å². The Kier molecular flexibility index (Phi) is 3.77. The van der Waals surface area contributed by atoms with E-state index in [1.54, 1.807) is 18.6 Å². The van der Waals surface area contributed by atoms with Gasteiger partial charge < -0.3 is 10.6 Å². The second-order valence-corrected chi connectivity index (χ2v) is 5.06. The van der Waals surface area contributed by atoms with Crippen LogP contribution in [0.2, 0.25) is 0 Å². The predicted octanol–water partition coefficient (Wildman–Crippen LogP) is 1.63. The van der Waals surface area contributed by atoms with Gasteiger partial charge in [-0.15, -0.1) is 0 Å². The Morgan fingerprint density at radius 2 is 1.86 bits per heavy atom. The van der Waals surface area contributed by atoms with Gasteiger partial charge in [-0.3, -0.25) is 14.8 Å². The van der Waals surface area contributed by atoms with Crippen molar-refractivity contribution < 1.29 is 4.79 Å². The minimum Gasteiger partial charge on any atom is -0.371 e. The van der Waals surface area contributed by atoms with E-state index in [0.29, 0.717) is 5.69 Å². The zero-order chi connectivity index (χ0) is 14.7. The molecule has 0 saturated carbocycles. The Morgan fingerprint density at radius 3 is 2.62 bits per heavy atom. The molecule has 108 valence electrons. The van der Waals surface area contributed by atoms with Crippen LogP contribution in [0.1, 0.15) is 29.8 Å². The van der Waals surface area contributed by atoms with E-state index in [1.165, 1.54) is 25.5 Å². The van der Waals surface area contributed by atoms with E-state index in [2.05, 4.69) is 19.9 Å². The molecular weight excluding hydrogens is 266 g/mol. The van der Waals surface area contributed by atoms with Crippen molar-refractivity contribution >= 4 is 11.6 Å². The molecule has 1 amide bonds. The second-order valence-electron chi connectivity index (χ2n) is 5.06. The summed E-state index contributed by atoms with van der Waals surface area (Å²) in [5.74, 6) is -0.577. The van der Waals surface area contributed by atoms with Gasteiger partial charge in [0.15, 0.2) is 5.69 Å². The van der Waals surface area contributed by atoms with Crippen LogP contribution in [-0.2, 0) is 0 Å². The maximum absolute atomic E-state index is 11.6. The molecule has 2 N–H and O–H groups in total. The van der Waals surface area contributed by atoms with Crippen molar-refractivity contribution in [3.63, 3.8) is 0 Å². The van der Waals surface area contributed by atoms with Crippen LogP contribution in [0.15, 0.2) is 30.9 Å². The highest BCUT2D eigenvalue weighted by Gasteiger charge is 2.20. The van der Waals surface area contributed by atoms with Gasteiger partial charge in [0.05, 0.1) is 0 Å². The predicted molar refractivity (Wildman–Crippen MR) is 79.8 cm³/mol. The van der Waals surface area contributed by atoms with Crippen LogP contribution < -0.4 is 10.6 Å². The fourth-order valence-corrected chi connectivity index (χ4v) is 2.70. The Morgan fingerprint density at radius 1 is 1.10 bits per heavy atom. The quantitative estimate of drug-likeness (QED) is 0.925. The van der Waals surface area contributed by atoms with Crippen LogP contribution in [0.25, 0.3) is 11.3 Å². The molecule has 2 aromatic heterocycles. The number of nitrogens with two attached hydrogens (primary N) is 1. The number of hydrogen-bond acceptors (Lipinski definition) is 5. The molecule has 6 nitrogen and oxygen atoms in total. The first-order valence-corrected chi connectivity index (χ1v) is 7.07. The van der Waals surface area contributed by atoms with Crippen molar-refractivity contribution in [2.24, 2.45) is 5.73 Å². The molecule has 6 heteroatoms. The van der Waals surface area contributed by atoms with Gasteiger partial charge in [-0.1, -0.05) is 0 Å². The lowest BCUT2D eigenvalue weighted by Gasteiger charge is -2.30. The molecule has 1 aliphatic rings. The van der Waals surface area contributed by atoms with Crippen molar-refractivity contribution in [1.29, 1.82) is 0 Å². The van der Waals surface area contributed by atoms with E-state index in [1.807, 2.05) is 6.07 Å². The number of pyridine rings is 1. The molecule has 0 aromatic carbocycles. The fourth-order valence-electron chi connectivity index (χ4n) is 2.70. The zero-order valence-corrected chi connectivity index (χ0v) is 11.7. The summed E-state index contributed by atoms with van der Waals surface area (Å²) >= 11 is 0. The van der Waals surface area contributed by atoms with Crippen molar-refractivity contribution in [3.8, 4) is 11.3 Å². The minimum atomic E-state index is -0.577. The smallest absolute Gasteiger partial charge is 0.269 e. The summed E-state index contributed by atoms with van der Waals surface area (Å²) in [6.07, 6.45) is 10.1. The summed E-state index contributed by atoms with van der Waals surface area (Å²) in [5.41, 5.74) is 7.93. The number of rotatable bonds is 3. The van der Waals surface area contributed by atoms with Crippen LogP contribution in [0.4, 0.5) is 5.69 Å². The number of piperidine rings is 1. The van der Waals surface area contributed by atoms with E-state index in [9.17, 15) is 4.79 Å². The van der Waals surface area contributed by atoms with E-state index < -0.39 is 5.91 Å². The Bertz CT molecular complexity index is 652. The first kappa shape index (κ1) is 13.5. The average molecular weight is 283 g/mol. The van der Waals surface area contributed by atoms with Gasteiger partial charge in [-0.05, 0) is 25.3 Å². The van der Waals surface area contributed by atoms with Crippen LogP contribution >= 0.6 is 0 Å². The maximum atomic E-state index is 11.6. The molecule has 21 heavy (non-hydrogen) atoms. The van der Waals surface area contributed by atoms with Crippen molar-refractivity contribution in [2.45, 2.75) is 19.3 Å². The molecule has 1 saturated heterocycles. The van der Waals surface area contributed by atoms with Gasteiger partial charge in [0.25, 0.3) is 5.91 Å². The van der Waals surface area contributed by atoms with Gasteiger partial charge >= 0.3 is 0 Å². The van der Waals surface area contributed by atoms with Gasteiger partial charge in [0, 0.05) is 49.1 Å². The van der Waals surface area contributed by atoms with Gasteiger partial charge in [-0.2, -0.15) is 0 Å². The second kappa shape index (κ2) is 5.87. The highest BCUT2D eigenvalue weighted by Crippen LogP contribution is 2.31. The molecule has 1 aliphatic heterocycles. The third-order valence-electron chi connectivity index (χ3n) is 3.68. The van der Waals surface area contributed by atoms with Crippen molar-refractivity contribution in [2.75, 3.05) is 18.0 Å². The molecule has 1 fully saturated rings. The monoisotopic (exact) mass is 283 g/mol. The minimum absolute atomic E-state index is 0.184. The van der Waals surface area contributed by atoms with Crippen LogP contribution in [0.5, 0.6) is 0 Å². The summed E-state index contributed by atoms with van der Waals surface area (Å²) in [4.78, 5) is 26.4. The van der Waals surface area contributed by atoms with E-state index in [4.69, 9.17) is 5.73 Å². The molecule has 2 aromatic rings. The number of carbonyl (C=O) groups is 1. The maximum Gasteiger partial charge on any atom is 0.269 e. The SMILES string of the molecule is NC(=O)c1nccnc1-c1cnccc1N1CCCCC1. The average Bonchev–Trinajstić information content (AvgIpc) is 2.55. The Labute approximate surface area is 123 Å². The van der Waals surface area contributed by atoms with Gasteiger partial charge in [-0.25, -0.2) is 4.98 Å². The van der Waals surface area contributed by atoms with Gasteiger partial charge in [0.1, 0.15) is 5.69 Å². The molecular formula is C15H17N5O. The molecule has 0 aliphatic carbocycles. The number of aromatic nitrogens is 3. The Balaban J connectivity index is 2.09. The van der Waals surface area contributed by atoms with E-state index >= 15 is 0 Å². The number of nitrogens with zero attached hydrogens (tertiary/aromatic N) is 4. The first-order chi connectivity index (χ1) is 10.3. The largest absolute Gasteiger partial charge is 0.371 e. The number of amides is 1. The topological polar surface area (TPSA) is 85.0 Å². The molecule has 0 spiro atoms. The summed E-state index contributed by atoms with van der Waals surface area (Å²) in [6.45, 7) is 2.01. The number of carbonyl (C=O) groups excluding carboxylic acids is 1. The summed E-state index contributed by atoms with van der Waals surface area (Å²) in [5, 5.41) is 0. The lowest BCUT2D eigenvalue weighted by Crippen LogP contribution is -2.30. The molecule has 3 heterocycles. The standard InChI is InChI=1S/C15H17N5O/c16-15(21)14-13(18-6-7-19-14)11-10-17-5-4-12(11)20-8-2-1-3-9-20/h4-7,10H,1-3,8-9H2,(H2,16,21). The molecule has 0 unspecified atom stereocenters. The summed E-state index contributed by atoms with van der Waals surface area (Å²) < 4.78 is 0. The lowest BCUT2D eigenvalue weighted by atomic mass is 10.1. The van der Waals surface area contributed by atoms with E-state index in [0.717, 1.165) is 24.3 Å². The number of anilines is 1. The number of hydrogen-bond donors (Lipinski definition) is 1. The van der Waals surface area contributed by atoms with Gasteiger partial charge in [0.2, 0.25) is 0 Å². The fraction of sp³-hybridized carbons (Fsp3) is 0.333. The highest BCUT2D eigenvalue weighted by molar-refractivity contribution is 5.98. The summed E-state index contributed by atoms with van der Waals surface area (Å²) in [7, 11) is 0.